The van der Waals surface area contributed by atoms with Gasteiger partial charge in [0.15, 0.2) is 0 Å². The molecule has 2 aromatic rings. The van der Waals surface area contributed by atoms with Crippen molar-refractivity contribution in [2.24, 2.45) is 0 Å². The molecule has 1 aliphatic heterocycles. The van der Waals surface area contributed by atoms with Crippen LogP contribution in [0.4, 0.5) is 26.2 Å². The lowest BCUT2D eigenvalue weighted by Gasteiger charge is -2.35. The summed E-state index contributed by atoms with van der Waals surface area (Å²) in [4.78, 5) is 40.9. The van der Waals surface area contributed by atoms with Gasteiger partial charge in [-0.25, -0.2) is 9.18 Å². The first-order valence-corrected chi connectivity index (χ1v) is 9.33. The molecule has 158 valence electrons. The number of carbonyl (C=O) groups is 2. The van der Waals surface area contributed by atoms with Crippen LogP contribution in [0.2, 0.25) is 0 Å². The molecule has 0 saturated carbocycles. The molecule has 0 radical (unpaired) electrons. The molecule has 0 bridgehead atoms. The summed E-state index contributed by atoms with van der Waals surface area (Å²) in [6, 6.07) is 9.32. The minimum atomic E-state index is -0.534. The van der Waals surface area contributed by atoms with Crippen molar-refractivity contribution in [3.8, 4) is 0 Å². The van der Waals surface area contributed by atoms with E-state index in [1.165, 1.54) is 36.4 Å². The number of hydrogen-bond acceptors (Lipinski definition) is 5. The van der Waals surface area contributed by atoms with Crippen molar-refractivity contribution < 1.29 is 18.9 Å². The average Bonchev–Trinajstić information content (AvgIpc) is 2.74. The Balaban J connectivity index is 1.66. The van der Waals surface area contributed by atoms with Gasteiger partial charge in [-0.3, -0.25) is 14.9 Å². The Morgan fingerprint density at radius 1 is 1.03 bits per heavy atom. The van der Waals surface area contributed by atoms with E-state index in [0.717, 1.165) is 0 Å². The number of nitrogens with one attached hydrogen (secondary N) is 1. The lowest BCUT2D eigenvalue weighted by atomic mass is 10.1. The lowest BCUT2D eigenvalue weighted by Crippen LogP contribution is -2.51. The van der Waals surface area contributed by atoms with Crippen LogP contribution in [0.25, 0.3) is 0 Å². The van der Waals surface area contributed by atoms with Gasteiger partial charge in [-0.15, -0.1) is 0 Å². The van der Waals surface area contributed by atoms with E-state index in [4.69, 9.17) is 0 Å². The molecule has 0 unspecified atom stereocenters. The zero-order chi connectivity index (χ0) is 21.8. The maximum absolute atomic E-state index is 13.0. The molecule has 1 fully saturated rings. The first-order valence-electron chi connectivity index (χ1n) is 9.33. The zero-order valence-corrected chi connectivity index (χ0v) is 16.7. The molecule has 0 aliphatic carbocycles. The third-order valence-corrected chi connectivity index (χ3v) is 4.85. The molecule has 3 amide bonds. The van der Waals surface area contributed by atoms with E-state index in [1.54, 1.807) is 34.9 Å². The highest BCUT2D eigenvalue weighted by Gasteiger charge is 2.27. The minimum Gasteiger partial charge on any atom is -0.377 e. The monoisotopic (exact) mass is 415 g/mol. The van der Waals surface area contributed by atoms with Crippen molar-refractivity contribution >= 4 is 29.0 Å². The normalized spacial score (nSPS) is 13.7. The van der Waals surface area contributed by atoms with Crippen LogP contribution in [0.1, 0.15) is 10.4 Å². The Labute approximate surface area is 172 Å². The van der Waals surface area contributed by atoms with Gasteiger partial charge in [-0.05, 0) is 30.3 Å². The van der Waals surface area contributed by atoms with Crippen molar-refractivity contribution in [1.82, 2.24) is 9.80 Å². The molecule has 1 N–H and O–H groups in total. The van der Waals surface area contributed by atoms with Crippen molar-refractivity contribution in [3.63, 3.8) is 0 Å². The van der Waals surface area contributed by atoms with Crippen molar-refractivity contribution in [2.45, 2.75) is 0 Å². The first kappa shape index (κ1) is 21.0. The van der Waals surface area contributed by atoms with E-state index >= 15 is 0 Å². The summed E-state index contributed by atoms with van der Waals surface area (Å²) in [5, 5.41) is 13.8. The topological polar surface area (TPSA) is 99.0 Å². The second-order valence-corrected chi connectivity index (χ2v) is 7.07. The summed E-state index contributed by atoms with van der Waals surface area (Å²) in [7, 11) is 3.52. The molecular formula is C20H22FN5O4. The van der Waals surface area contributed by atoms with Gasteiger partial charge in [0.05, 0.1) is 10.5 Å². The molecule has 0 spiro atoms. The highest BCUT2D eigenvalue weighted by atomic mass is 19.1. The number of benzene rings is 2. The predicted octanol–water partition coefficient (Wildman–Crippen LogP) is 2.79. The second kappa shape index (κ2) is 8.76. The lowest BCUT2D eigenvalue weighted by molar-refractivity contribution is -0.384. The smallest absolute Gasteiger partial charge is 0.321 e. The van der Waals surface area contributed by atoms with Crippen LogP contribution in [-0.4, -0.2) is 66.9 Å². The Bertz CT molecular complexity index is 956. The standard InChI is InChI=1S/C20H22FN5O4/c1-23(2)18-8-7-16(26(29)30)13-17(18)19(27)24-9-11-25(12-10-24)20(28)22-15-5-3-14(21)4-6-15/h3-8,13H,9-12H2,1-2H3,(H,22,28). The van der Waals surface area contributed by atoms with E-state index in [-0.39, 0.29) is 23.2 Å². The molecule has 10 heteroatoms. The van der Waals surface area contributed by atoms with Crippen LogP contribution in [-0.2, 0) is 0 Å². The SMILES string of the molecule is CN(C)c1ccc([N+](=O)[O-])cc1C(=O)N1CCN(C(=O)Nc2ccc(F)cc2)CC1. The highest BCUT2D eigenvalue weighted by molar-refractivity contribution is 6.00. The molecule has 0 atom stereocenters. The quantitative estimate of drug-likeness (QED) is 0.612. The van der Waals surface area contributed by atoms with E-state index in [0.29, 0.717) is 37.6 Å². The number of rotatable bonds is 4. The van der Waals surface area contributed by atoms with E-state index in [2.05, 4.69) is 5.32 Å². The van der Waals surface area contributed by atoms with Crippen molar-refractivity contribution in [3.05, 3.63) is 64.0 Å². The maximum Gasteiger partial charge on any atom is 0.321 e. The van der Waals surface area contributed by atoms with Crippen LogP contribution < -0.4 is 10.2 Å². The summed E-state index contributed by atoms with van der Waals surface area (Å²) in [5.74, 6) is -0.709. The summed E-state index contributed by atoms with van der Waals surface area (Å²) in [5.41, 5.74) is 1.16. The third kappa shape index (κ3) is 4.65. The molecule has 3 rings (SSSR count). The van der Waals surface area contributed by atoms with Crippen LogP contribution in [0.3, 0.4) is 0 Å². The van der Waals surface area contributed by atoms with E-state index in [1.807, 2.05) is 0 Å². The molecule has 1 saturated heterocycles. The number of nitro benzene ring substituents is 1. The van der Waals surface area contributed by atoms with Gasteiger partial charge in [-0.2, -0.15) is 0 Å². The second-order valence-electron chi connectivity index (χ2n) is 7.07. The highest BCUT2D eigenvalue weighted by Crippen LogP contribution is 2.26. The average molecular weight is 415 g/mol. The number of piperazine rings is 1. The fourth-order valence-electron chi connectivity index (χ4n) is 3.22. The Morgan fingerprint density at radius 3 is 2.20 bits per heavy atom. The van der Waals surface area contributed by atoms with Crippen LogP contribution in [0.15, 0.2) is 42.5 Å². The summed E-state index contributed by atoms with van der Waals surface area (Å²) >= 11 is 0. The van der Waals surface area contributed by atoms with Crippen molar-refractivity contribution in [2.75, 3.05) is 50.5 Å². The summed E-state index contributed by atoms with van der Waals surface area (Å²) in [6.45, 7) is 1.21. The first-order chi connectivity index (χ1) is 14.3. The molecule has 0 aromatic heterocycles. The fourth-order valence-corrected chi connectivity index (χ4v) is 3.22. The molecular weight excluding hydrogens is 393 g/mol. The summed E-state index contributed by atoms with van der Waals surface area (Å²) < 4.78 is 13.0. The van der Waals surface area contributed by atoms with Gasteiger partial charge in [0.1, 0.15) is 5.82 Å². The Hall–Kier alpha value is -3.69. The van der Waals surface area contributed by atoms with Crippen molar-refractivity contribution in [1.29, 1.82) is 0 Å². The zero-order valence-electron chi connectivity index (χ0n) is 16.7. The number of anilines is 2. The number of non-ortho nitro benzene ring substituents is 1. The van der Waals surface area contributed by atoms with E-state index in [9.17, 15) is 24.1 Å². The van der Waals surface area contributed by atoms with E-state index < -0.39 is 10.7 Å². The number of amides is 3. The number of hydrogen-bond donors (Lipinski definition) is 1. The van der Waals surface area contributed by atoms with Gasteiger partial charge >= 0.3 is 6.03 Å². The number of urea groups is 1. The third-order valence-electron chi connectivity index (χ3n) is 4.85. The van der Waals surface area contributed by atoms with Crippen LogP contribution >= 0.6 is 0 Å². The molecule has 1 heterocycles. The van der Waals surface area contributed by atoms with Crippen LogP contribution in [0.5, 0.6) is 0 Å². The Kier molecular flexibility index (Phi) is 6.14. The van der Waals surface area contributed by atoms with Gasteiger partial charge in [-0.1, -0.05) is 0 Å². The maximum atomic E-state index is 13.0. The van der Waals surface area contributed by atoms with Gasteiger partial charge in [0, 0.05) is 63.8 Å². The fraction of sp³-hybridized carbons (Fsp3) is 0.300. The summed E-state index contributed by atoms with van der Waals surface area (Å²) in [6.07, 6.45) is 0. The largest absolute Gasteiger partial charge is 0.377 e. The minimum absolute atomic E-state index is 0.152. The number of carbonyl (C=O) groups excluding carboxylic acids is 2. The Morgan fingerprint density at radius 2 is 1.63 bits per heavy atom. The number of nitrogens with zero attached hydrogens (tertiary/aromatic N) is 4. The number of halogens is 1. The van der Waals surface area contributed by atoms with Gasteiger partial charge in [0.25, 0.3) is 11.6 Å². The van der Waals surface area contributed by atoms with Gasteiger partial charge in [0.2, 0.25) is 0 Å². The number of nitro groups is 1. The van der Waals surface area contributed by atoms with Gasteiger partial charge < -0.3 is 20.0 Å². The molecule has 2 aromatic carbocycles. The van der Waals surface area contributed by atoms with Crippen LogP contribution in [0, 0.1) is 15.9 Å². The predicted molar refractivity (Wildman–Crippen MR) is 110 cm³/mol. The molecule has 9 nitrogen and oxygen atoms in total. The molecule has 30 heavy (non-hydrogen) atoms. The molecule has 1 aliphatic rings.